The summed E-state index contributed by atoms with van der Waals surface area (Å²) in [5.41, 5.74) is -1.61. The van der Waals surface area contributed by atoms with Crippen molar-refractivity contribution in [2.45, 2.75) is 38.5 Å². The summed E-state index contributed by atoms with van der Waals surface area (Å²) in [4.78, 5) is 17.5. The van der Waals surface area contributed by atoms with Crippen LogP contribution in [-0.2, 0) is 12.7 Å². The Morgan fingerprint density at radius 3 is 2.64 bits per heavy atom. The average molecular weight is 354 g/mol. The number of aromatic nitrogens is 3. The number of carboxylic acids is 1. The molecule has 25 heavy (non-hydrogen) atoms. The first-order valence-electron chi connectivity index (χ1n) is 7.85. The Labute approximate surface area is 141 Å². The van der Waals surface area contributed by atoms with Gasteiger partial charge in [0.1, 0.15) is 11.4 Å². The van der Waals surface area contributed by atoms with Gasteiger partial charge in [0.2, 0.25) is 0 Å². The van der Waals surface area contributed by atoms with Crippen LogP contribution < -0.4 is 4.90 Å². The van der Waals surface area contributed by atoms with E-state index in [1.54, 1.807) is 12.3 Å². The van der Waals surface area contributed by atoms with Crippen molar-refractivity contribution in [3.63, 3.8) is 0 Å². The van der Waals surface area contributed by atoms with E-state index in [2.05, 4.69) is 21.9 Å². The monoisotopic (exact) mass is 354 g/mol. The van der Waals surface area contributed by atoms with E-state index in [9.17, 15) is 18.0 Å². The molecule has 1 N–H and O–H groups in total. The number of alkyl halides is 3. The lowest BCUT2D eigenvalue weighted by Gasteiger charge is -2.22. The van der Waals surface area contributed by atoms with E-state index in [1.165, 1.54) is 0 Å². The molecule has 0 aromatic carbocycles. The molecule has 1 aliphatic heterocycles. The van der Waals surface area contributed by atoms with Gasteiger partial charge in [0, 0.05) is 25.0 Å². The minimum atomic E-state index is -4.81. The minimum Gasteiger partial charge on any atom is -0.478 e. The van der Waals surface area contributed by atoms with Gasteiger partial charge in [-0.25, -0.2) is 9.78 Å². The van der Waals surface area contributed by atoms with E-state index in [-0.39, 0.29) is 6.54 Å². The first-order chi connectivity index (χ1) is 11.8. The largest absolute Gasteiger partial charge is 0.478 e. The molecule has 6 nitrogen and oxygen atoms in total. The van der Waals surface area contributed by atoms with Gasteiger partial charge in [0.15, 0.2) is 5.69 Å². The van der Waals surface area contributed by atoms with Crippen LogP contribution in [0.25, 0.3) is 0 Å². The molecular weight excluding hydrogens is 337 g/mol. The number of hydrogen-bond donors (Lipinski definition) is 1. The topological polar surface area (TPSA) is 71.2 Å². The Bertz CT molecular complexity index is 771. The maximum atomic E-state index is 12.9. The van der Waals surface area contributed by atoms with Gasteiger partial charge in [-0.1, -0.05) is 6.07 Å². The van der Waals surface area contributed by atoms with Crippen LogP contribution in [-0.4, -0.2) is 38.4 Å². The number of nitrogens with zero attached hydrogens (tertiary/aromatic N) is 4. The molecule has 0 aliphatic carbocycles. The van der Waals surface area contributed by atoms with Crippen molar-refractivity contribution in [2.75, 3.05) is 11.4 Å². The highest BCUT2D eigenvalue weighted by molar-refractivity contribution is 5.88. The fraction of sp³-hybridized carbons (Fsp3) is 0.438. The summed E-state index contributed by atoms with van der Waals surface area (Å²) in [6, 6.07) is 4.00. The molecule has 2 aromatic rings. The summed E-state index contributed by atoms with van der Waals surface area (Å²) in [5.74, 6) is -0.827. The molecule has 1 saturated heterocycles. The normalized spacial score (nSPS) is 17.9. The number of halogens is 3. The number of carboxylic acid groups (broad SMARTS) is 1. The molecule has 9 heteroatoms. The zero-order chi connectivity index (χ0) is 18.2. The third-order valence-corrected chi connectivity index (χ3v) is 4.26. The van der Waals surface area contributed by atoms with Crippen molar-refractivity contribution < 1.29 is 23.1 Å². The predicted octanol–water partition coefficient (Wildman–Crippen LogP) is 3.03. The molecule has 3 heterocycles. The number of carbonyl (C=O) groups is 1. The summed E-state index contributed by atoms with van der Waals surface area (Å²) < 4.78 is 39.6. The molecule has 1 atom stereocenters. The maximum absolute atomic E-state index is 12.9. The lowest BCUT2D eigenvalue weighted by molar-refractivity contribution is -0.142. The van der Waals surface area contributed by atoms with E-state index in [1.807, 2.05) is 6.07 Å². The number of pyridine rings is 1. The molecule has 0 spiro atoms. The fourth-order valence-corrected chi connectivity index (χ4v) is 3.01. The fourth-order valence-electron chi connectivity index (χ4n) is 3.01. The van der Waals surface area contributed by atoms with Crippen LogP contribution in [0.15, 0.2) is 24.5 Å². The second-order valence-corrected chi connectivity index (χ2v) is 6.10. The van der Waals surface area contributed by atoms with Crippen molar-refractivity contribution in [3.8, 4) is 0 Å². The second-order valence-electron chi connectivity index (χ2n) is 6.10. The predicted molar refractivity (Wildman–Crippen MR) is 83.6 cm³/mol. The van der Waals surface area contributed by atoms with E-state index in [0.29, 0.717) is 11.6 Å². The Kier molecular flexibility index (Phi) is 4.40. The van der Waals surface area contributed by atoms with Crippen molar-refractivity contribution in [2.24, 2.45) is 0 Å². The molecule has 1 aliphatic rings. The quantitative estimate of drug-likeness (QED) is 0.914. The van der Waals surface area contributed by atoms with Gasteiger partial charge in [-0.2, -0.15) is 18.3 Å². The van der Waals surface area contributed by atoms with Crippen molar-refractivity contribution in [1.29, 1.82) is 0 Å². The standard InChI is InChI=1S/C16H17F3N4O2/c1-10-3-2-6-23(10)13-5-4-11(7-20-13)8-22-9-12(15(24)25)14(21-22)16(17,18)19/h4-5,7,9-10H,2-3,6,8H2,1H3,(H,24,25). The maximum Gasteiger partial charge on any atom is 0.436 e. The highest BCUT2D eigenvalue weighted by Gasteiger charge is 2.39. The first-order valence-corrected chi connectivity index (χ1v) is 7.85. The Morgan fingerprint density at radius 2 is 2.16 bits per heavy atom. The SMILES string of the molecule is CC1CCCN1c1ccc(Cn2cc(C(=O)O)c(C(F)(F)F)n2)cn1. The van der Waals surface area contributed by atoms with E-state index < -0.39 is 23.4 Å². The van der Waals surface area contributed by atoms with Crippen LogP contribution in [0.2, 0.25) is 0 Å². The number of hydrogen-bond acceptors (Lipinski definition) is 4. The summed E-state index contributed by atoms with van der Waals surface area (Å²) in [6.07, 6.45) is -0.130. The lowest BCUT2D eigenvalue weighted by Crippen LogP contribution is -2.27. The van der Waals surface area contributed by atoms with Crippen molar-refractivity contribution in [3.05, 3.63) is 41.3 Å². The highest BCUT2D eigenvalue weighted by Crippen LogP contribution is 2.31. The lowest BCUT2D eigenvalue weighted by atomic mass is 10.2. The Morgan fingerprint density at radius 1 is 1.40 bits per heavy atom. The van der Waals surface area contributed by atoms with Crippen LogP contribution in [0.4, 0.5) is 19.0 Å². The van der Waals surface area contributed by atoms with Gasteiger partial charge >= 0.3 is 12.1 Å². The molecule has 0 saturated carbocycles. The third-order valence-electron chi connectivity index (χ3n) is 4.26. The smallest absolute Gasteiger partial charge is 0.436 e. The number of rotatable bonds is 4. The van der Waals surface area contributed by atoms with Gasteiger partial charge in [-0.15, -0.1) is 0 Å². The number of anilines is 1. The summed E-state index contributed by atoms with van der Waals surface area (Å²) >= 11 is 0. The summed E-state index contributed by atoms with van der Waals surface area (Å²) in [7, 11) is 0. The van der Waals surface area contributed by atoms with E-state index >= 15 is 0 Å². The number of aromatic carboxylic acids is 1. The van der Waals surface area contributed by atoms with Crippen molar-refractivity contribution in [1.82, 2.24) is 14.8 Å². The highest BCUT2D eigenvalue weighted by atomic mass is 19.4. The molecule has 0 bridgehead atoms. The van der Waals surface area contributed by atoms with Crippen molar-refractivity contribution >= 4 is 11.8 Å². The third kappa shape index (κ3) is 3.59. The zero-order valence-electron chi connectivity index (χ0n) is 13.5. The van der Waals surface area contributed by atoms with Crippen LogP contribution in [0.1, 0.15) is 41.4 Å². The summed E-state index contributed by atoms with van der Waals surface area (Å²) in [5, 5.41) is 12.3. The average Bonchev–Trinajstić information content (AvgIpc) is 3.14. The van der Waals surface area contributed by atoms with Gasteiger partial charge in [0.25, 0.3) is 0 Å². The first kappa shape index (κ1) is 17.2. The molecule has 134 valence electrons. The zero-order valence-corrected chi connectivity index (χ0v) is 13.5. The van der Waals surface area contributed by atoms with E-state index in [4.69, 9.17) is 5.11 Å². The Hall–Kier alpha value is -2.58. The summed E-state index contributed by atoms with van der Waals surface area (Å²) in [6.45, 7) is 3.07. The minimum absolute atomic E-state index is 0.0131. The van der Waals surface area contributed by atoms with Crippen LogP contribution in [0.5, 0.6) is 0 Å². The molecule has 1 fully saturated rings. The van der Waals surface area contributed by atoms with Gasteiger partial charge in [-0.3, -0.25) is 4.68 Å². The molecule has 3 rings (SSSR count). The molecule has 0 amide bonds. The molecule has 0 radical (unpaired) electrons. The van der Waals surface area contributed by atoms with Gasteiger partial charge in [-0.05, 0) is 31.4 Å². The molecule has 1 unspecified atom stereocenters. The van der Waals surface area contributed by atoms with Crippen LogP contribution in [0, 0.1) is 0 Å². The van der Waals surface area contributed by atoms with Crippen LogP contribution >= 0.6 is 0 Å². The molecular formula is C16H17F3N4O2. The second kappa shape index (κ2) is 6.38. The van der Waals surface area contributed by atoms with E-state index in [0.717, 1.165) is 36.1 Å². The Balaban J connectivity index is 1.79. The molecule has 2 aromatic heterocycles. The van der Waals surface area contributed by atoms with Gasteiger partial charge < -0.3 is 10.0 Å². The van der Waals surface area contributed by atoms with Crippen LogP contribution in [0.3, 0.4) is 0 Å². The van der Waals surface area contributed by atoms with Gasteiger partial charge in [0.05, 0.1) is 6.54 Å².